The Hall–Kier alpha value is -3.88. The number of methoxy groups -OCH3 is 1. The van der Waals surface area contributed by atoms with E-state index in [0.717, 1.165) is 17.8 Å². The van der Waals surface area contributed by atoms with Crippen LogP contribution in [0.25, 0.3) is 16.9 Å². The standard InChI is InChI=1S/C23H19F3N4O2/c1-29(14-15-6-4-3-5-7-15)22(31)19-20(16-8-10-17(32-2)11-9-16)28-30-18(23(24,25)26)12-13-27-21(19)30/h3-13H,14H2,1-2H3. The van der Waals surface area contributed by atoms with Gasteiger partial charge in [-0.3, -0.25) is 4.79 Å². The van der Waals surface area contributed by atoms with Crippen molar-refractivity contribution >= 4 is 11.6 Å². The van der Waals surface area contributed by atoms with E-state index in [1.54, 1.807) is 31.3 Å². The number of benzene rings is 2. The van der Waals surface area contributed by atoms with Gasteiger partial charge in [-0.1, -0.05) is 30.3 Å². The molecule has 0 aliphatic rings. The van der Waals surface area contributed by atoms with Gasteiger partial charge >= 0.3 is 6.18 Å². The van der Waals surface area contributed by atoms with Crippen molar-refractivity contribution in [2.24, 2.45) is 0 Å². The number of hydrogen-bond acceptors (Lipinski definition) is 4. The normalized spacial score (nSPS) is 11.5. The summed E-state index contributed by atoms with van der Waals surface area (Å²) in [4.78, 5) is 18.9. The summed E-state index contributed by atoms with van der Waals surface area (Å²) < 4.78 is 46.7. The van der Waals surface area contributed by atoms with Gasteiger partial charge in [-0.05, 0) is 35.9 Å². The minimum atomic E-state index is -4.67. The molecule has 4 aromatic rings. The molecule has 9 heteroatoms. The van der Waals surface area contributed by atoms with E-state index < -0.39 is 17.8 Å². The molecule has 0 unspecified atom stereocenters. The minimum absolute atomic E-state index is 0.000280. The monoisotopic (exact) mass is 440 g/mol. The highest BCUT2D eigenvalue weighted by atomic mass is 19.4. The molecular weight excluding hydrogens is 421 g/mol. The Bertz CT molecular complexity index is 1250. The van der Waals surface area contributed by atoms with E-state index in [0.29, 0.717) is 15.8 Å². The maximum atomic E-state index is 13.6. The number of aromatic nitrogens is 3. The van der Waals surface area contributed by atoms with E-state index in [-0.39, 0.29) is 23.4 Å². The predicted octanol–water partition coefficient (Wildman–Crippen LogP) is 4.70. The number of rotatable bonds is 5. The molecular formula is C23H19F3N4O2. The van der Waals surface area contributed by atoms with Gasteiger partial charge in [-0.25, -0.2) is 9.50 Å². The van der Waals surface area contributed by atoms with Crippen molar-refractivity contribution < 1.29 is 22.7 Å². The molecule has 2 heterocycles. The Balaban J connectivity index is 1.87. The fourth-order valence-corrected chi connectivity index (χ4v) is 3.43. The highest BCUT2D eigenvalue weighted by molar-refractivity contribution is 6.05. The van der Waals surface area contributed by atoms with E-state index >= 15 is 0 Å². The second kappa shape index (κ2) is 8.33. The van der Waals surface area contributed by atoms with Crippen LogP contribution in [0.2, 0.25) is 0 Å². The van der Waals surface area contributed by atoms with Crippen LogP contribution in [0.5, 0.6) is 5.75 Å². The number of carbonyl (C=O) groups is 1. The van der Waals surface area contributed by atoms with Crippen LogP contribution in [0.1, 0.15) is 21.6 Å². The lowest BCUT2D eigenvalue weighted by Crippen LogP contribution is -2.26. The van der Waals surface area contributed by atoms with Crippen LogP contribution < -0.4 is 4.74 Å². The summed E-state index contributed by atoms with van der Waals surface area (Å²) in [6, 6.07) is 16.7. The van der Waals surface area contributed by atoms with Gasteiger partial charge in [-0.2, -0.15) is 18.3 Å². The molecule has 32 heavy (non-hydrogen) atoms. The van der Waals surface area contributed by atoms with Crippen LogP contribution in [-0.2, 0) is 12.7 Å². The molecule has 0 aliphatic heterocycles. The molecule has 0 aliphatic carbocycles. The Labute approximate surface area is 181 Å². The molecule has 0 saturated carbocycles. The zero-order valence-electron chi connectivity index (χ0n) is 17.3. The molecule has 0 spiro atoms. The average Bonchev–Trinajstić information content (AvgIpc) is 3.18. The Morgan fingerprint density at radius 3 is 2.38 bits per heavy atom. The number of amides is 1. The molecule has 2 aromatic carbocycles. The second-order valence-corrected chi connectivity index (χ2v) is 7.16. The number of carbonyl (C=O) groups excluding carboxylic acids is 1. The van der Waals surface area contributed by atoms with Crippen LogP contribution >= 0.6 is 0 Å². The first-order chi connectivity index (χ1) is 15.3. The number of nitrogens with zero attached hydrogens (tertiary/aromatic N) is 4. The summed E-state index contributed by atoms with van der Waals surface area (Å²) in [6.07, 6.45) is -3.63. The first-order valence-corrected chi connectivity index (χ1v) is 9.68. The fraction of sp³-hybridized carbons (Fsp3) is 0.174. The van der Waals surface area contributed by atoms with Crippen molar-refractivity contribution in [1.29, 1.82) is 0 Å². The van der Waals surface area contributed by atoms with Crippen molar-refractivity contribution in [1.82, 2.24) is 19.5 Å². The number of halogens is 3. The molecule has 4 rings (SSSR count). The van der Waals surface area contributed by atoms with Gasteiger partial charge in [-0.15, -0.1) is 0 Å². The van der Waals surface area contributed by atoms with E-state index in [1.807, 2.05) is 30.3 Å². The number of fused-ring (bicyclic) bond motifs is 1. The lowest BCUT2D eigenvalue weighted by Gasteiger charge is -2.17. The van der Waals surface area contributed by atoms with Gasteiger partial charge < -0.3 is 9.64 Å². The van der Waals surface area contributed by atoms with Crippen molar-refractivity contribution in [2.45, 2.75) is 12.7 Å². The van der Waals surface area contributed by atoms with Crippen molar-refractivity contribution in [2.75, 3.05) is 14.2 Å². The molecule has 2 aromatic heterocycles. The Kier molecular flexibility index (Phi) is 5.56. The van der Waals surface area contributed by atoms with Crippen LogP contribution in [0.4, 0.5) is 13.2 Å². The predicted molar refractivity (Wildman–Crippen MR) is 112 cm³/mol. The largest absolute Gasteiger partial charge is 0.497 e. The Morgan fingerprint density at radius 1 is 1.06 bits per heavy atom. The first kappa shape index (κ1) is 21.4. The quantitative estimate of drug-likeness (QED) is 0.452. The van der Waals surface area contributed by atoms with Crippen molar-refractivity contribution in [3.8, 4) is 17.0 Å². The summed E-state index contributed by atoms with van der Waals surface area (Å²) >= 11 is 0. The summed E-state index contributed by atoms with van der Waals surface area (Å²) in [5.74, 6) is 0.0854. The van der Waals surface area contributed by atoms with E-state index in [4.69, 9.17) is 4.74 Å². The lowest BCUT2D eigenvalue weighted by molar-refractivity contribution is -0.142. The summed E-state index contributed by atoms with van der Waals surface area (Å²) in [5, 5.41) is 4.16. The van der Waals surface area contributed by atoms with Crippen molar-refractivity contribution in [3.05, 3.63) is 83.7 Å². The highest BCUT2D eigenvalue weighted by Gasteiger charge is 2.36. The molecule has 0 bridgehead atoms. The topological polar surface area (TPSA) is 59.7 Å². The maximum Gasteiger partial charge on any atom is 0.433 e. The zero-order chi connectivity index (χ0) is 22.9. The van der Waals surface area contributed by atoms with Gasteiger partial charge in [0.25, 0.3) is 5.91 Å². The molecule has 164 valence electrons. The van der Waals surface area contributed by atoms with Gasteiger partial charge in [0, 0.05) is 25.4 Å². The minimum Gasteiger partial charge on any atom is -0.497 e. The van der Waals surface area contributed by atoms with Gasteiger partial charge in [0.05, 0.1) is 7.11 Å². The summed E-state index contributed by atoms with van der Waals surface area (Å²) in [6.45, 7) is 0.276. The van der Waals surface area contributed by atoms with E-state index in [2.05, 4.69) is 10.1 Å². The fourth-order valence-electron chi connectivity index (χ4n) is 3.43. The SMILES string of the molecule is COc1ccc(-c2nn3c(C(F)(F)F)ccnc3c2C(=O)N(C)Cc2ccccc2)cc1. The van der Waals surface area contributed by atoms with E-state index in [9.17, 15) is 18.0 Å². The number of hydrogen-bond donors (Lipinski definition) is 0. The van der Waals surface area contributed by atoms with Crippen LogP contribution in [0.15, 0.2) is 66.9 Å². The third kappa shape index (κ3) is 4.01. The number of ether oxygens (including phenoxy) is 1. The molecule has 6 nitrogen and oxygen atoms in total. The maximum absolute atomic E-state index is 13.6. The molecule has 1 amide bonds. The van der Waals surface area contributed by atoms with Crippen LogP contribution in [0.3, 0.4) is 0 Å². The van der Waals surface area contributed by atoms with Gasteiger partial charge in [0.2, 0.25) is 0 Å². The molecule has 0 atom stereocenters. The summed E-state index contributed by atoms with van der Waals surface area (Å²) in [5.41, 5.74) is 0.301. The smallest absolute Gasteiger partial charge is 0.433 e. The lowest BCUT2D eigenvalue weighted by atomic mass is 10.1. The van der Waals surface area contributed by atoms with Gasteiger partial charge in [0.1, 0.15) is 22.7 Å². The second-order valence-electron chi connectivity index (χ2n) is 7.16. The van der Waals surface area contributed by atoms with Crippen LogP contribution in [-0.4, -0.2) is 39.6 Å². The first-order valence-electron chi connectivity index (χ1n) is 9.68. The van der Waals surface area contributed by atoms with Crippen LogP contribution in [0, 0.1) is 0 Å². The molecule has 0 fully saturated rings. The molecule has 0 radical (unpaired) electrons. The third-order valence-corrected chi connectivity index (χ3v) is 5.00. The molecule has 0 N–H and O–H groups in total. The highest BCUT2D eigenvalue weighted by Crippen LogP contribution is 2.33. The van der Waals surface area contributed by atoms with Gasteiger partial charge in [0.15, 0.2) is 5.65 Å². The Morgan fingerprint density at radius 2 is 1.75 bits per heavy atom. The third-order valence-electron chi connectivity index (χ3n) is 5.00. The van der Waals surface area contributed by atoms with Crippen molar-refractivity contribution in [3.63, 3.8) is 0 Å². The zero-order valence-corrected chi connectivity index (χ0v) is 17.3. The van der Waals surface area contributed by atoms with E-state index in [1.165, 1.54) is 12.0 Å². The average molecular weight is 440 g/mol. The summed E-state index contributed by atoms with van der Waals surface area (Å²) in [7, 11) is 3.09. The number of alkyl halides is 3. The molecule has 0 saturated heterocycles.